The molecule has 0 amide bonds. The third kappa shape index (κ3) is 4.17. The molecule has 17 atom stereocenters. The minimum atomic E-state index is -1.39. The fraction of sp³-hybridized carbons (Fsp3) is 1.00. The summed E-state index contributed by atoms with van der Waals surface area (Å²) in [6, 6.07) is 0. The minimum absolute atomic E-state index is 0.0141. The topological polar surface area (TPSA) is 149 Å². The first-order chi connectivity index (χ1) is 20.7. The highest BCUT2D eigenvalue weighted by Crippen LogP contribution is 2.89. The van der Waals surface area contributed by atoms with E-state index in [2.05, 4.69) is 34.6 Å². The molecule has 9 nitrogen and oxygen atoms in total. The van der Waals surface area contributed by atoms with E-state index in [4.69, 9.17) is 14.2 Å². The molecule has 5 aliphatic carbocycles. The van der Waals surface area contributed by atoms with Gasteiger partial charge < -0.3 is 44.8 Å². The number of hydrogen-bond donors (Lipinski definition) is 6. The second-order valence-electron chi connectivity index (χ2n) is 18.7. The van der Waals surface area contributed by atoms with Crippen LogP contribution in [0.3, 0.4) is 0 Å². The summed E-state index contributed by atoms with van der Waals surface area (Å²) in [5.74, 6) is 0.218. The molecule has 0 aromatic heterocycles. The molecule has 2 spiro atoms. The maximum Gasteiger partial charge on any atom is 0.186 e. The van der Waals surface area contributed by atoms with Crippen molar-refractivity contribution in [3.05, 3.63) is 0 Å². The van der Waals surface area contributed by atoms with Crippen molar-refractivity contribution in [3.63, 3.8) is 0 Å². The molecule has 7 fully saturated rings. The maximum atomic E-state index is 12.0. The third-order valence-electron chi connectivity index (χ3n) is 15.9. The number of fused-ring (bicyclic) bond motifs is 2. The molecule has 2 aliphatic heterocycles. The molecular weight excluding hydrogens is 576 g/mol. The zero-order valence-corrected chi connectivity index (χ0v) is 28.7. The number of rotatable bonds is 4. The van der Waals surface area contributed by atoms with Crippen LogP contribution < -0.4 is 0 Å². The summed E-state index contributed by atoms with van der Waals surface area (Å²) >= 11 is 0. The van der Waals surface area contributed by atoms with Crippen LogP contribution in [-0.4, -0.2) is 97.0 Å². The van der Waals surface area contributed by atoms with E-state index >= 15 is 0 Å². The van der Waals surface area contributed by atoms with Gasteiger partial charge in [-0.2, -0.15) is 0 Å². The molecule has 0 aromatic rings. The van der Waals surface area contributed by atoms with Crippen LogP contribution in [0.5, 0.6) is 0 Å². The Hall–Kier alpha value is -0.360. The molecule has 0 aromatic carbocycles. The zero-order valence-electron chi connectivity index (χ0n) is 28.7. The summed E-state index contributed by atoms with van der Waals surface area (Å²) in [6.07, 6.45) is 0.447. The quantitative estimate of drug-likeness (QED) is 0.256. The zero-order chi connectivity index (χ0) is 32.9. The van der Waals surface area contributed by atoms with E-state index in [1.54, 1.807) is 6.92 Å². The first-order valence-corrected chi connectivity index (χ1v) is 17.8. The summed E-state index contributed by atoms with van der Waals surface area (Å²) < 4.78 is 19.5. The van der Waals surface area contributed by atoms with Gasteiger partial charge in [-0.1, -0.05) is 27.7 Å². The van der Waals surface area contributed by atoms with Crippen LogP contribution in [-0.2, 0) is 14.2 Å². The van der Waals surface area contributed by atoms with Crippen molar-refractivity contribution >= 4 is 0 Å². The molecule has 2 heterocycles. The smallest absolute Gasteiger partial charge is 0.186 e. The number of aliphatic hydroxyl groups excluding tert-OH is 5. The molecule has 45 heavy (non-hydrogen) atoms. The Kier molecular flexibility index (Phi) is 7.27. The fourth-order valence-electron chi connectivity index (χ4n) is 13.5. The highest BCUT2D eigenvalue weighted by atomic mass is 16.7. The Morgan fingerprint density at radius 1 is 0.778 bits per heavy atom. The molecule has 5 saturated carbocycles. The van der Waals surface area contributed by atoms with Crippen molar-refractivity contribution in [3.8, 4) is 0 Å². The van der Waals surface area contributed by atoms with Gasteiger partial charge in [0.15, 0.2) is 6.29 Å². The average molecular weight is 637 g/mol. The summed E-state index contributed by atoms with van der Waals surface area (Å²) in [5, 5.41) is 66.2. The average Bonchev–Trinajstić information content (AvgIpc) is 3.31. The first kappa shape index (κ1) is 33.2. The molecule has 17 unspecified atom stereocenters. The van der Waals surface area contributed by atoms with Gasteiger partial charge in [0, 0.05) is 5.92 Å². The van der Waals surface area contributed by atoms with E-state index in [9.17, 15) is 30.6 Å². The lowest BCUT2D eigenvalue weighted by Crippen LogP contribution is -2.64. The Bertz CT molecular complexity index is 1190. The van der Waals surface area contributed by atoms with Crippen molar-refractivity contribution in [1.29, 1.82) is 0 Å². The molecule has 258 valence electrons. The molecule has 7 rings (SSSR count). The number of ether oxygens (including phenoxy) is 3. The van der Waals surface area contributed by atoms with Crippen molar-refractivity contribution < 1.29 is 44.8 Å². The van der Waals surface area contributed by atoms with Crippen LogP contribution in [0.2, 0.25) is 0 Å². The molecule has 6 N–H and O–H groups in total. The third-order valence-corrected chi connectivity index (χ3v) is 15.9. The van der Waals surface area contributed by atoms with Crippen LogP contribution in [0.4, 0.5) is 0 Å². The van der Waals surface area contributed by atoms with Gasteiger partial charge in [-0.05, 0) is 124 Å². The van der Waals surface area contributed by atoms with Gasteiger partial charge >= 0.3 is 0 Å². The van der Waals surface area contributed by atoms with Crippen molar-refractivity contribution in [1.82, 2.24) is 0 Å². The molecule has 2 saturated heterocycles. The van der Waals surface area contributed by atoms with E-state index in [1.165, 1.54) is 0 Å². The van der Waals surface area contributed by atoms with E-state index in [1.807, 2.05) is 13.8 Å². The molecule has 7 aliphatic rings. The summed E-state index contributed by atoms with van der Waals surface area (Å²) in [5.41, 5.74) is -2.24. The molecule has 9 heteroatoms. The van der Waals surface area contributed by atoms with Crippen LogP contribution in [0.15, 0.2) is 0 Å². The number of hydrogen-bond acceptors (Lipinski definition) is 9. The Balaban J connectivity index is 1.26. The largest absolute Gasteiger partial charge is 0.393 e. The summed E-state index contributed by atoms with van der Waals surface area (Å²) in [7, 11) is 0. The van der Waals surface area contributed by atoms with Gasteiger partial charge in [-0.3, -0.25) is 0 Å². The monoisotopic (exact) mass is 636 g/mol. The standard InChI is InChI=1S/C36H60O9/c1-18-24(39)25(40)26(41)29(43-18)44-20-15-21-33(7)16-19(37)27(34(8)11-10-23(45-34)31(4,5)42)32(33,6)13-14-35(21)17-36(35)12-9-22(38)30(2,3)28(20)36/h18-29,37-42H,9-17H2,1-8H3. The lowest BCUT2D eigenvalue weighted by Gasteiger charge is -2.65. The van der Waals surface area contributed by atoms with Gasteiger partial charge in [-0.15, -0.1) is 0 Å². The molecular formula is C36H60O9. The predicted octanol–water partition coefficient (Wildman–Crippen LogP) is 3.29. The van der Waals surface area contributed by atoms with Gasteiger partial charge in [0.2, 0.25) is 0 Å². The van der Waals surface area contributed by atoms with Crippen LogP contribution >= 0.6 is 0 Å². The van der Waals surface area contributed by atoms with E-state index in [0.717, 1.165) is 51.4 Å². The lowest BCUT2D eigenvalue weighted by atomic mass is 9.41. The van der Waals surface area contributed by atoms with Crippen LogP contribution in [0.1, 0.15) is 113 Å². The Morgan fingerprint density at radius 3 is 2.11 bits per heavy atom. The highest BCUT2D eigenvalue weighted by Gasteiger charge is 2.85. The van der Waals surface area contributed by atoms with E-state index < -0.39 is 59.5 Å². The van der Waals surface area contributed by atoms with E-state index in [0.29, 0.717) is 6.42 Å². The minimum Gasteiger partial charge on any atom is -0.393 e. The highest BCUT2D eigenvalue weighted by molar-refractivity contribution is 5.33. The lowest BCUT2D eigenvalue weighted by molar-refractivity contribution is -0.326. The SMILES string of the molecule is CC1OC(OC2CC3C4(C)CC(O)C(C5(C)CCC(C(C)(C)O)O5)C4(C)CCC34CC43CCC(O)C(C)(C)C23)C(O)C(O)C1O. The molecule has 0 radical (unpaired) electrons. The summed E-state index contributed by atoms with van der Waals surface area (Å²) in [4.78, 5) is 0. The Labute approximate surface area is 269 Å². The van der Waals surface area contributed by atoms with Gasteiger partial charge in [0.05, 0.1) is 41.7 Å². The Morgan fingerprint density at radius 2 is 1.47 bits per heavy atom. The summed E-state index contributed by atoms with van der Waals surface area (Å²) in [6.45, 7) is 16.6. The van der Waals surface area contributed by atoms with Gasteiger partial charge in [-0.25, -0.2) is 0 Å². The van der Waals surface area contributed by atoms with Crippen molar-refractivity contribution in [2.75, 3.05) is 0 Å². The fourth-order valence-corrected chi connectivity index (χ4v) is 13.5. The second kappa shape index (κ2) is 9.87. The van der Waals surface area contributed by atoms with Crippen LogP contribution in [0, 0.1) is 44.8 Å². The molecule has 0 bridgehead atoms. The van der Waals surface area contributed by atoms with Crippen molar-refractivity contribution in [2.45, 2.75) is 180 Å². The normalized spacial score (nSPS) is 60.4. The first-order valence-electron chi connectivity index (χ1n) is 17.8. The van der Waals surface area contributed by atoms with E-state index in [-0.39, 0.29) is 51.6 Å². The second-order valence-corrected chi connectivity index (χ2v) is 18.7. The van der Waals surface area contributed by atoms with Gasteiger partial charge in [0.25, 0.3) is 0 Å². The van der Waals surface area contributed by atoms with Gasteiger partial charge in [0.1, 0.15) is 18.3 Å². The number of aliphatic hydroxyl groups is 6. The maximum absolute atomic E-state index is 12.0. The van der Waals surface area contributed by atoms with Crippen molar-refractivity contribution in [2.24, 2.45) is 44.8 Å². The van der Waals surface area contributed by atoms with Crippen LogP contribution in [0.25, 0.3) is 0 Å². The predicted molar refractivity (Wildman–Crippen MR) is 166 cm³/mol.